The summed E-state index contributed by atoms with van der Waals surface area (Å²) in [7, 11) is 0. The van der Waals surface area contributed by atoms with E-state index >= 15 is 0 Å². The summed E-state index contributed by atoms with van der Waals surface area (Å²) in [4.78, 5) is 31.3. The number of benzene rings is 1. The summed E-state index contributed by atoms with van der Waals surface area (Å²) < 4.78 is 18.3. The van der Waals surface area contributed by atoms with Gasteiger partial charge in [-0.1, -0.05) is 12.1 Å². The fourth-order valence-electron chi connectivity index (χ4n) is 3.58. The molecule has 29 heavy (non-hydrogen) atoms. The lowest BCUT2D eigenvalue weighted by Gasteiger charge is -2.25. The summed E-state index contributed by atoms with van der Waals surface area (Å²) >= 11 is 1.28. The average molecular weight is 413 g/mol. The second kappa shape index (κ2) is 8.16. The van der Waals surface area contributed by atoms with Crippen LogP contribution in [-0.4, -0.2) is 28.2 Å². The van der Waals surface area contributed by atoms with E-state index in [-0.39, 0.29) is 30.1 Å². The average Bonchev–Trinajstić information content (AvgIpc) is 3.43. The molecule has 0 bridgehead atoms. The molecule has 1 saturated heterocycles. The maximum Gasteiger partial charge on any atom is 0.260 e. The minimum absolute atomic E-state index is 0.0225. The highest BCUT2D eigenvalue weighted by atomic mass is 32.1. The maximum atomic E-state index is 13.2. The molecule has 1 N–H and O–H groups in total. The molecule has 6 nitrogen and oxygen atoms in total. The van der Waals surface area contributed by atoms with Crippen molar-refractivity contribution in [3.8, 4) is 0 Å². The van der Waals surface area contributed by atoms with E-state index < -0.39 is 0 Å². The number of hydrogen-bond donors (Lipinski definition) is 1. The topological polar surface area (TPSA) is 75.4 Å². The Kier molecular flexibility index (Phi) is 5.44. The summed E-state index contributed by atoms with van der Waals surface area (Å²) in [5, 5.41) is 4.95. The van der Waals surface area contributed by atoms with Crippen molar-refractivity contribution in [3.05, 3.63) is 70.4 Å². The molecule has 1 aliphatic rings. The largest absolute Gasteiger partial charge is 0.469 e. The van der Waals surface area contributed by atoms with E-state index in [2.05, 4.69) is 10.3 Å². The van der Waals surface area contributed by atoms with Crippen molar-refractivity contribution in [3.63, 3.8) is 0 Å². The lowest BCUT2D eigenvalue weighted by atomic mass is 10.0. The number of nitrogens with one attached hydrogen (secondary N) is 1. The molecule has 2 aromatic heterocycles. The van der Waals surface area contributed by atoms with Gasteiger partial charge in [0, 0.05) is 11.9 Å². The van der Waals surface area contributed by atoms with Gasteiger partial charge < -0.3 is 9.32 Å². The van der Waals surface area contributed by atoms with Crippen LogP contribution in [0.3, 0.4) is 0 Å². The third-order valence-corrected chi connectivity index (χ3v) is 5.84. The monoisotopic (exact) mass is 413 g/mol. The van der Waals surface area contributed by atoms with E-state index in [0.29, 0.717) is 28.7 Å². The summed E-state index contributed by atoms with van der Waals surface area (Å²) in [5.74, 6) is -0.0623. The summed E-state index contributed by atoms with van der Waals surface area (Å²) in [6, 6.07) is 7.89. The summed E-state index contributed by atoms with van der Waals surface area (Å²) in [6.07, 6.45) is 3.40. The highest BCUT2D eigenvalue weighted by Gasteiger charge is 2.30. The van der Waals surface area contributed by atoms with Crippen molar-refractivity contribution in [2.24, 2.45) is 0 Å². The number of anilines is 1. The highest BCUT2D eigenvalue weighted by molar-refractivity contribution is 7.14. The van der Waals surface area contributed by atoms with E-state index in [1.807, 2.05) is 4.90 Å². The van der Waals surface area contributed by atoms with Gasteiger partial charge >= 0.3 is 0 Å². The van der Waals surface area contributed by atoms with Crippen molar-refractivity contribution in [1.29, 1.82) is 0 Å². The lowest BCUT2D eigenvalue weighted by molar-refractivity contribution is -0.131. The smallest absolute Gasteiger partial charge is 0.260 e. The number of aryl methyl sites for hydroxylation is 1. The molecule has 3 heterocycles. The van der Waals surface area contributed by atoms with Gasteiger partial charge in [-0.15, -0.1) is 11.3 Å². The van der Waals surface area contributed by atoms with Crippen LogP contribution in [-0.2, 0) is 11.2 Å². The van der Waals surface area contributed by atoms with Gasteiger partial charge in [0.05, 0.1) is 30.0 Å². The van der Waals surface area contributed by atoms with E-state index in [4.69, 9.17) is 4.42 Å². The SMILES string of the molecule is Cc1occc1C(=O)Nc1nc(CC(=O)N2CCC[C@@H]2c2ccc(F)cc2)cs1. The van der Waals surface area contributed by atoms with Crippen LogP contribution in [0.4, 0.5) is 9.52 Å². The maximum absolute atomic E-state index is 13.2. The Morgan fingerprint density at radius 1 is 1.31 bits per heavy atom. The van der Waals surface area contributed by atoms with Crippen LogP contribution >= 0.6 is 11.3 Å². The molecule has 0 spiro atoms. The number of carbonyl (C=O) groups is 2. The van der Waals surface area contributed by atoms with Crippen LogP contribution in [0.25, 0.3) is 0 Å². The van der Waals surface area contributed by atoms with Gasteiger partial charge in [0.2, 0.25) is 5.91 Å². The number of halogens is 1. The fraction of sp³-hybridized carbons (Fsp3) is 0.286. The summed E-state index contributed by atoms with van der Waals surface area (Å²) in [6.45, 7) is 2.39. The Bertz CT molecular complexity index is 1030. The molecule has 4 rings (SSSR count). The number of carbonyl (C=O) groups excluding carboxylic acids is 2. The second-order valence-corrected chi connectivity index (χ2v) is 7.82. The molecular weight excluding hydrogens is 393 g/mol. The molecule has 8 heteroatoms. The third-order valence-electron chi connectivity index (χ3n) is 5.04. The van der Waals surface area contributed by atoms with Crippen molar-refractivity contribution >= 4 is 28.3 Å². The first kappa shape index (κ1) is 19.3. The van der Waals surface area contributed by atoms with E-state index in [9.17, 15) is 14.0 Å². The Balaban J connectivity index is 1.40. The molecule has 1 aliphatic heterocycles. The van der Waals surface area contributed by atoms with Gasteiger partial charge in [-0.25, -0.2) is 9.37 Å². The zero-order chi connectivity index (χ0) is 20.4. The quantitative estimate of drug-likeness (QED) is 0.675. The van der Waals surface area contributed by atoms with Crippen LogP contribution in [0.15, 0.2) is 46.4 Å². The minimum atomic E-state index is -0.292. The number of thiazole rings is 1. The number of hydrogen-bond acceptors (Lipinski definition) is 5. The fourth-order valence-corrected chi connectivity index (χ4v) is 4.29. The second-order valence-electron chi connectivity index (χ2n) is 6.96. The van der Waals surface area contributed by atoms with Crippen LogP contribution in [0, 0.1) is 12.7 Å². The van der Waals surface area contributed by atoms with E-state index in [0.717, 1.165) is 18.4 Å². The number of amides is 2. The van der Waals surface area contributed by atoms with Gasteiger partial charge in [-0.2, -0.15) is 0 Å². The molecular formula is C21H20FN3O3S. The molecule has 2 amide bonds. The standard InChI is InChI=1S/C21H20FN3O3S/c1-13-17(8-10-28-13)20(27)24-21-23-16(12-29-21)11-19(26)25-9-2-3-18(25)14-4-6-15(22)7-5-14/h4-8,10,12,18H,2-3,9,11H2,1H3,(H,23,24,27)/t18-/m1/s1. The van der Waals surface area contributed by atoms with E-state index in [1.54, 1.807) is 30.5 Å². The third kappa shape index (κ3) is 4.22. The van der Waals surface area contributed by atoms with Gasteiger partial charge in [0.15, 0.2) is 5.13 Å². The van der Waals surface area contributed by atoms with Crippen molar-refractivity contribution in [1.82, 2.24) is 9.88 Å². The number of aromatic nitrogens is 1. The van der Waals surface area contributed by atoms with Gasteiger partial charge in [-0.05, 0) is 43.5 Å². The first-order valence-electron chi connectivity index (χ1n) is 9.36. The zero-order valence-corrected chi connectivity index (χ0v) is 16.7. The zero-order valence-electron chi connectivity index (χ0n) is 15.9. The Hall–Kier alpha value is -3.00. The molecule has 1 atom stereocenters. The Morgan fingerprint density at radius 3 is 2.83 bits per heavy atom. The molecule has 150 valence electrons. The number of rotatable bonds is 5. The molecule has 0 saturated carbocycles. The lowest BCUT2D eigenvalue weighted by Crippen LogP contribution is -2.31. The minimum Gasteiger partial charge on any atom is -0.469 e. The number of nitrogens with zero attached hydrogens (tertiary/aromatic N) is 2. The normalized spacial score (nSPS) is 16.2. The Labute approximate surface area is 171 Å². The van der Waals surface area contributed by atoms with E-state index in [1.165, 1.54) is 29.7 Å². The highest BCUT2D eigenvalue weighted by Crippen LogP contribution is 2.32. The van der Waals surface area contributed by atoms with Crippen LogP contribution < -0.4 is 5.32 Å². The molecule has 0 unspecified atom stereocenters. The van der Waals surface area contributed by atoms with Crippen molar-refractivity contribution in [2.45, 2.75) is 32.2 Å². The predicted octanol–water partition coefficient (Wildman–Crippen LogP) is 4.34. The van der Waals surface area contributed by atoms with Gasteiger partial charge in [0.25, 0.3) is 5.91 Å². The molecule has 1 fully saturated rings. The molecule has 3 aromatic rings. The van der Waals surface area contributed by atoms with Crippen molar-refractivity contribution in [2.75, 3.05) is 11.9 Å². The number of furan rings is 1. The van der Waals surface area contributed by atoms with Gasteiger partial charge in [-0.3, -0.25) is 14.9 Å². The van der Waals surface area contributed by atoms with Gasteiger partial charge in [0.1, 0.15) is 11.6 Å². The van der Waals surface area contributed by atoms with Crippen LogP contribution in [0.5, 0.6) is 0 Å². The molecule has 0 aliphatic carbocycles. The molecule has 1 aromatic carbocycles. The molecule has 0 radical (unpaired) electrons. The summed E-state index contributed by atoms with van der Waals surface area (Å²) in [5.41, 5.74) is 2.01. The first-order valence-corrected chi connectivity index (χ1v) is 10.2. The van der Waals surface area contributed by atoms with Crippen molar-refractivity contribution < 1.29 is 18.4 Å². The Morgan fingerprint density at radius 2 is 2.10 bits per heavy atom. The predicted molar refractivity (Wildman–Crippen MR) is 107 cm³/mol. The van der Waals surface area contributed by atoms with Crippen LogP contribution in [0.2, 0.25) is 0 Å². The first-order chi connectivity index (χ1) is 14.0. The number of likely N-dealkylation sites (tertiary alicyclic amines) is 1. The van der Waals surface area contributed by atoms with Crippen LogP contribution in [0.1, 0.15) is 46.3 Å².